The van der Waals surface area contributed by atoms with E-state index in [0.29, 0.717) is 0 Å². The lowest BCUT2D eigenvalue weighted by atomic mass is 9.90. The molecule has 0 bridgehead atoms. The van der Waals surface area contributed by atoms with Crippen molar-refractivity contribution in [1.29, 1.82) is 0 Å². The van der Waals surface area contributed by atoms with Gasteiger partial charge in [-0.2, -0.15) is 0 Å². The van der Waals surface area contributed by atoms with Gasteiger partial charge in [-0.3, -0.25) is 4.79 Å². The third-order valence-electron chi connectivity index (χ3n) is 3.03. The summed E-state index contributed by atoms with van der Waals surface area (Å²) in [4.78, 5) is 11.6. The number of nitrogens with one attached hydrogen (secondary N) is 2. The predicted molar refractivity (Wildman–Crippen MR) is 64.0 cm³/mol. The normalized spacial score (nSPS) is 28.1. The zero-order valence-electron chi connectivity index (χ0n) is 9.94. The van der Waals surface area contributed by atoms with E-state index in [9.17, 15) is 4.79 Å². The molecule has 0 spiro atoms. The third kappa shape index (κ3) is 2.31. The molecular formula is C12H17N3O2. The minimum atomic E-state index is -0.447. The maximum Gasteiger partial charge on any atom is 0.324 e. The Hall–Kier alpha value is -1.43. The first kappa shape index (κ1) is 12.0. The average Bonchev–Trinajstić information content (AvgIpc) is 2.70. The lowest BCUT2D eigenvalue weighted by molar-refractivity contribution is -0.143. The van der Waals surface area contributed by atoms with Crippen molar-refractivity contribution in [2.45, 2.75) is 25.0 Å². The Morgan fingerprint density at radius 2 is 2.18 bits per heavy atom. The monoisotopic (exact) mass is 235 g/mol. The van der Waals surface area contributed by atoms with Gasteiger partial charge in [0.15, 0.2) is 0 Å². The molecule has 4 N–H and O–H groups in total. The van der Waals surface area contributed by atoms with E-state index >= 15 is 0 Å². The van der Waals surface area contributed by atoms with E-state index in [0.717, 1.165) is 11.1 Å². The van der Waals surface area contributed by atoms with Crippen molar-refractivity contribution >= 4 is 5.97 Å². The first-order valence-electron chi connectivity index (χ1n) is 5.54. The molecule has 1 fully saturated rings. The van der Waals surface area contributed by atoms with Crippen molar-refractivity contribution in [2.75, 3.05) is 7.11 Å². The van der Waals surface area contributed by atoms with Gasteiger partial charge in [-0.05, 0) is 12.5 Å². The molecule has 1 aromatic rings. The van der Waals surface area contributed by atoms with E-state index in [1.54, 1.807) is 0 Å². The van der Waals surface area contributed by atoms with E-state index in [2.05, 4.69) is 10.9 Å². The fraction of sp³-hybridized carbons (Fsp3) is 0.417. The molecule has 0 saturated carbocycles. The van der Waals surface area contributed by atoms with E-state index in [4.69, 9.17) is 10.5 Å². The van der Waals surface area contributed by atoms with Gasteiger partial charge in [0.2, 0.25) is 0 Å². The summed E-state index contributed by atoms with van der Waals surface area (Å²) in [6, 6.07) is 7.54. The molecule has 0 amide bonds. The number of methoxy groups -OCH3 is 1. The Balaban J connectivity index is 2.30. The van der Waals surface area contributed by atoms with Crippen LogP contribution in [0.2, 0.25) is 0 Å². The van der Waals surface area contributed by atoms with Gasteiger partial charge in [-0.1, -0.05) is 29.8 Å². The van der Waals surface area contributed by atoms with E-state index in [1.165, 1.54) is 7.11 Å². The summed E-state index contributed by atoms with van der Waals surface area (Å²) in [5.41, 5.74) is 13.9. The molecule has 17 heavy (non-hydrogen) atoms. The smallest absolute Gasteiger partial charge is 0.324 e. The summed E-state index contributed by atoms with van der Waals surface area (Å²) in [5, 5.41) is 0. The van der Waals surface area contributed by atoms with Crippen LogP contribution >= 0.6 is 0 Å². The van der Waals surface area contributed by atoms with Crippen LogP contribution in [-0.2, 0) is 9.53 Å². The highest BCUT2D eigenvalue weighted by molar-refractivity contribution is 5.77. The van der Waals surface area contributed by atoms with Crippen LogP contribution in [0, 0.1) is 6.92 Å². The molecule has 3 unspecified atom stereocenters. The summed E-state index contributed by atoms with van der Waals surface area (Å²) in [7, 11) is 1.38. The minimum absolute atomic E-state index is 0.123. The van der Waals surface area contributed by atoms with Crippen molar-refractivity contribution in [3.63, 3.8) is 0 Å². The van der Waals surface area contributed by atoms with Gasteiger partial charge in [-0.25, -0.2) is 10.9 Å². The number of esters is 1. The SMILES string of the molecule is COC(=O)C1NNC(N)C1c1cccc(C)c1. The highest BCUT2D eigenvalue weighted by atomic mass is 16.5. The quantitative estimate of drug-likeness (QED) is 0.630. The number of hydrogen-bond donors (Lipinski definition) is 3. The minimum Gasteiger partial charge on any atom is -0.468 e. The first-order valence-corrected chi connectivity index (χ1v) is 5.54. The van der Waals surface area contributed by atoms with Gasteiger partial charge in [0.25, 0.3) is 0 Å². The largest absolute Gasteiger partial charge is 0.468 e. The summed E-state index contributed by atoms with van der Waals surface area (Å²) < 4.78 is 4.77. The van der Waals surface area contributed by atoms with E-state index < -0.39 is 6.04 Å². The molecule has 3 atom stereocenters. The number of ether oxygens (including phenoxy) is 1. The van der Waals surface area contributed by atoms with Crippen LogP contribution in [0.4, 0.5) is 0 Å². The molecule has 1 saturated heterocycles. The summed E-state index contributed by atoms with van der Waals surface area (Å²) in [6.07, 6.45) is -0.305. The summed E-state index contributed by atoms with van der Waals surface area (Å²) in [6.45, 7) is 2.01. The number of nitrogens with two attached hydrogens (primary N) is 1. The summed E-state index contributed by atoms with van der Waals surface area (Å²) in [5.74, 6) is -0.431. The van der Waals surface area contributed by atoms with Crippen molar-refractivity contribution in [3.8, 4) is 0 Å². The van der Waals surface area contributed by atoms with Gasteiger partial charge < -0.3 is 10.5 Å². The molecule has 0 aliphatic carbocycles. The third-order valence-corrected chi connectivity index (χ3v) is 3.03. The second kappa shape index (κ2) is 4.83. The topological polar surface area (TPSA) is 76.4 Å². The van der Waals surface area contributed by atoms with Crippen LogP contribution < -0.4 is 16.6 Å². The van der Waals surface area contributed by atoms with Gasteiger partial charge in [0.1, 0.15) is 6.04 Å². The van der Waals surface area contributed by atoms with Crippen LogP contribution in [0.1, 0.15) is 17.0 Å². The van der Waals surface area contributed by atoms with Crippen molar-refractivity contribution in [1.82, 2.24) is 10.9 Å². The number of aryl methyl sites for hydroxylation is 1. The van der Waals surface area contributed by atoms with Gasteiger partial charge in [-0.15, -0.1) is 0 Å². The highest BCUT2D eigenvalue weighted by Crippen LogP contribution is 2.26. The number of hydrogen-bond acceptors (Lipinski definition) is 5. The summed E-state index contributed by atoms with van der Waals surface area (Å²) >= 11 is 0. The zero-order valence-corrected chi connectivity index (χ0v) is 9.94. The lowest BCUT2D eigenvalue weighted by Gasteiger charge is -2.19. The molecule has 0 radical (unpaired) electrons. The molecule has 1 aliphatic rings. The zero-order chi connectivity index (χ0) is 12.4. The molecule has 1 heterocycles. The number of carbonyl (C=O) groups is 1. The second-order valence-corrected chi connectivity index (χ2v) is 4.26. The highest BCUT2D eigenvalue weighted by Gasteiger charge is 2.40. The number of benzene rings is 1. The molecule has 5 heteroatoms. The molecular weight excluding hydrogens is 218 g/mol. The fourth-order valence-electron chi connectivity index (χ4n) is 2.18. The van der Waals surface area contributed by atoms with Crippen molar-refractivity contribution < 1.29 is 9.53 Å². The standard InChI is InChI=1S/C12H17N3O2/c1-7-4-3-5-8(6-7)9-10(12(16)17-2)14-15-11(9)13/h3-6,9-11,14-15H,13H2,1-2H3. The second-order valence-electron chi connectivity index (χ2n) is 4.26. The number of rotatable bonds is 2. The Labute approximate surface area is 100 Å². The molecule has 0 aromatic heterocycles. The van der Waals surface area contributed by atoms with Crippen LogP contribution in [-0.4, -0.2) is 25.3 Å². The Morgan fingerprint density at radius 3 is 2.82 bits per heavy atom. The average molecular weight is 235 g/mol. The molecule has 1 aliphatic heterocycles. The lowest BCUT2D eigenvalue weighted by Crippen LogP contribution is -2.39. The van der Waals surface area contributed by atoms with Crippen molar-refractivity contribution in [3.05, 3.63) is 35.4 Å². The van der Waals surface area contributed by atoms with E-state index in [1.807, 2.05) is 31.2 Å². The van der Waals surface area contributed by atoms with Gasteiger partial charge in [0.05, 0.1) is 13.3 Å². The number of carbonyl (C=O) groups excluding carboxylic acids is 1. The van der Waals surface area contributed by atoms with Crippen LogP contribution in [0.3, 0.4) is 0 Å². The Morgan fingerprint density at radius 1 is 1.41 bits per heavy atom. The van der Waals surface area contributed by atoms with Gasteiger partial charge >= 0.3 is 5.97 Å². The van der Waals surface area contributed by atoms with Crippen LogP contribution in [0.5, 0.6) is 0 Å². The maximum absolute atomic E-state index is 11.6. The molecule has 5 nitrogen and oxygen atoms in total. The maximum atomic E-state index is 11.6. The molecule has 2 rings (SSSR count). The van der Waals surface area contributed by atoms with Gasteiger partial charge in [0, 0.05) is 5.92 Å². The van der Waals surface area contributed by atoms with E-state index in [-0.39, 0.29) is 18.1 Å². The predicted octanol–water partition coefficient (Wildman–Crippen LogP) is 0.0128. The first-order chi connectivity index (χ1) is 8.13. The Kier molecular flexibility index (Phi) is 3.42. The number of hydrazine groups is 1. The Bertz CT molecular complexity index is 422. The molecule has 1 aromatic carbocycles. The molecule has 92 valence electrons. The van der Waals surface area contributed by atoms with Crippen LogP contribution in [0.25, 0.3) is 0 Å². The van der Waals surface area contributed by atoms with Crippen molar-refractivity contribution in [2.24, 2.45) is 5.73 Å². The van der Waals surface area contributed by atoms with Crippen LogP contribution in [0.15, 0.2) is 24.3 Å². The fourth-order valence-corrected chi connectivity index (χ4v) is 2.18.